The van der Waals surface area contributed by atoms with Crippen molar-refractivity contribution in [3.05, 3.63) is 35.9 Å². The second-order valence-corrected chi connectivity index (χ2v) is 5.29. The summed E-state index contributed by atoms with van der Waals surface area (Å²) in [6.45, 7) is 6.16. The number of rotatable bonds is 6. The van der Waals surface area contributed by atoms with Gasteiger partial charge in [-0.05, 0) is 32.3 Å². The SMILES string of the molecule is C[C@H](COCc1ccccc1)OC1CC[C@H](C)OC1. The van der Waals surface area contributed by atoms with Gasteiger partial charge in [0.15, 0.2) is 0 Å². The average molecular weight is 264 g/mol. The zero-order chi connectivity index (χ0) is 13.5. The van der Waals surface area contributed by atoms with Crippen molar-refractivity contribution in [2.24, 2.45) is 0 Å². The highest BCUT2D eigenvalue weighted by Crippen LogP contribution is 2.17. The fraction of sp³-hybridized carbons (Fsp3) is 0.625. The largest absolute Gasteiger partial charge is 0.376 e. The Balaban J connectivity index is 1.61. The lowest BCUT2D eigenvalue weighted by atomic mass is 10.1. The van der Waals surface area contributed by atoms with Crippen LogP contribution in [0.4, 0.5) is 0 Å². The van der Waals surface area contributed by atoms with Crippen LogP contribution < -0.4 is 0 Å². The maximum absolute atomic E-state index is 5.93. The van der Waals surface area contributed by atoms with Gasteiger partial charge in [-0.3, -0.25) is 0 Å². The van der Waals surface area contributed by atoms with Crippen molar-refractivity contribution in [1.29, 1.82) is 0 Å². The molecule has 1 unspecified atom stereocenters. The lowest BCUT2D eigenvalue weighted by molar-refractivity contribution is -0.117. The van der Waals surface area contributed by atoms with Crippen LogP contribution in [0, 0.1) is 0 Å². The summed E-state index contributed by atoms with van der Waals surface area (Å²) in [5.41, 5.74) is 1.20. The first-order valence-corrected chi connectivity index (χ1v) is 7.13. The zero-order valence-corrected chi connectivity index (χ0v) is 11.9. The van der Waals surface area contributed by atoms with Gasteiger partial charge in [-0.2, -0.15) is 0 Å². The monoisotopic (exact) mass is 264 g/mol. The van der Waals surface area contributed by atoms with Crippen molar-refractivity contribution < 1.29 is 14.2 Å². The van der Waals surface area contributed by atoms with Gasteiger partial charge in [0.2, 0.25) is 0 Å². The molecule has 0 N–H and O–H groups in total. The van der Waals surface area contributed by atoms with Gasteiger partial charge in [-0.1, -0.05) is 30.3 Å². The molecular weight excluding hydrogens is 240 g/mol. The number of hydrogen-bond acceptors (Lipinski definition) is 3. The molecular formula is C16H24O3. The van der Waals surface area contributed by atoms with E-state index in [0.717, 1.165) is 12.8 Å². The minimum absolute atomic E-state index is 0.116. The Bertz CT molecular complexity index is 344. The summed E-state index contributed by atoms with van der Waals surface area (Å²) >= 11 is 0. The molecule has 0 bridgehead atoms. The standard InChI is InChI=1S/C16H24O3/c1-13-8-9-16(12-18-13)19-14(2)10-17-11-15-6-4-3-5-7-15/h3-7,13-14,16H,8-12H2,1-2H3/t13-,14+,16?/m0/s1. The van der Waals surface area contributed by atoms with Gasteiger partial charge < -0.3 is 14.2 Å². The summed E-state index contributed by atoms with van der Waals surface area (Å²) in [6.07, 6.45) is 2.90. The Labute approximate surface area is 115 Å². The van der Waals surface area contributed by atoms with Crippen molar-refractivity contribution in [2.45, 2.75) is 51.6 Å². The molecule has 1 saturated heterocycles. The molecule has 0 aliphatic carbocycles. The molecule has 1 aromatic carbocycles. The van der Waals surface area contributed by atoms with Crippen LogP contribution in [-0.4, -0.2) is 31.5 Å². The number of benzene rings is 1. The lowest BCUT2D eigenvalue weighted by Gasteiger charge is -2.29. The summed E-state index contributed by atoms with van der Waals surface area (Å²) in [6, 6.07) is 10.2. The number of hydrogen-bond donors (Lipinski definition) is 0. The molecule has 3 heteroatoms. The molecule has 3 atom stereocenters. The first-order valence-electron chi connectivity index (χ1n) is 7.13. The highest BCUT2D eigenvalue weighted by Gasteiger charge is 2.20. The first kappa shape index (κ1) is 14.5. The minimum Gasteiger partial charge on any atom is -0.376 e. The summed E-state index contributed by atoms with van der Waals surface area (Å²) in [5, 5.41) is 0. The van der Waals surface area contributed by atoms with Crippen molar-refractivity contribution >= 4 is 0 Å². The van der Waals surface area contributed by atoms with Gasteiger partial charge in [0.1, 0.15) is 0 Å². The Hall–Kier alpha value is -0.900. The van der Waals surface area contributed by atoms with Crippen LogP contribution in [0.15, 0.2) is 30.3 Å². The molecule has 1 aliphatic rings. The van der Waals surface area contributed by atoms with Crippen LogP contribution in [-0.2, 0) is 20.8 Å². The molecule has 1 aromatic rings. The smallest absolute Gasteiger partial charge is 0.0814 e. The Morgan fingerprint density at radius 1 is 1.26 bits per heavy atom. The van der Waals surface area contributed by atoms with Crippen LogP contribution in [0.5, 0.6) is 0 Å². The third-order valence-corrected chi connectivity index (χ3v) is 3.35. The minimum atomic E-state index is 0.116. The Morgan fingerprint density at radius 2 is 2.05 bits per heavy atom. The molecule has 0 amide bonds. The van der Waals surface area contributed by atoms with Gasteiger partial charge in [0.05, 0.1) is 38.1 Å². The quantitative estimate of drug-likeness (QED) is 0.790. The molecule has 0 aromatic heterocycles. The van der Waals surface area contributed by atoms with Gasteiger partial charge >= 0.3 is 0 Å². The van der Waals surface area contributed by atoms with Gasteiger partial charge in [0.25, 0.3) is 0 Å². The highest BCUT2D eigenvalue weighted by molar-refractivity contribution is 5.13. The van der Waals surface area contributed by atoms with E-state index in [0.29, 0.717) is 25.9 Å². The van der Waals surface area contributed by atoms with Crippen molar-refractivity contribution in [2.75, 3.05) is 13.2 Å². The third-order valence-electron chi connectivity index (χ3n) is 3.35. The summed E-state index contributed by atoms with van der Waals surface area (Å²) in [7, 11) is 0. The Morgan fingerprint density at radius 3 is 2.74 bits per heavy atom. The maximum atomic E-state index is 5.93. The predicted molar refractivity (Wildman–Crippen MR) is 75.1 cm³/mol. The molecule has 19 heavy (non-hydrogen) atoms. The second kappa shape index (κ2) is 7.63. The van der Waals surface area contributed by atoms with Gasteiger partial charge in [0, 0.05) is 0 Å². The maximum Gasteiger partial charge on any atom is 0.0814 e. The fourth-order valence-electron chi connectivity index (χ4n) is 2.25. The molecule has 2 rings (SSSR count). The van der Waals surface area contributed by atoms with Gasteiger partial charge in [-0.15, -0.1) is 0 Å². The van der Waals surface area contributed by atoms with Crippen LogP contribution in [0.25, 0.3) is 0 Å². The fourth-order valence-corrected chi connectivity index (χ4v) is 2.25. The van der Waals surface area contributed by atoms with Crippen LogP contribution in [0.3, 0.4) is 0 Å². The molecule has 0 radical (unpaired) electrons. The highest BCUT2D eigenvalue weighted by atomic mass is 16.6. The van der Waals surface area contributed by atoms with E-state index in [1.54, 1.807) is 0 Å². The van der Waals surface area contributed by atoms with Crippen LogP contribution in [0.1, 0.15) is 32.3 Å². The van der Waals surface area contributed by atoms with E-state index in [2.05, 4.69) is 26.0 Å². The first-order chi connectivity index (χ1) is 9.24. The summed E-state index contributed by atoms with van der Waals surface area (Å²) in [5.74, 6) is 0. The predicted octanol–water partition coefficient (Wildman–Crippen LogP) is 3.18. The average Bonchev–Trinajstić information content (AvgIpc) is 2.43. The Kier molecular flexibility index (Phi) is 5.83. The van der Waals surface area contributed by atoms with E-state index in [1.165, 1.54) is 5.56 Å². The molecule has 1 heterocycles. The van der Waals surface area contributed by atoms with E-state index < -0.39 is 0 Å². The molecule has 0 spiro atoms. The molecule has 1 fully saturated rings. The van der Waals surface area contributed by atoms with E-state index >= 15 is 0 Å². The summed E-state index contributed by atoms with van der Waals surface area (Å²) < 4.78 is 17.2. The van der Waals surface area contributed by atoms with E-state index in [1.807, 2.05) is 18.2 Å². The zero-order valence-electron chi connectivity index (χ0n) is 11.9. The number of ether oxygens (including phenoxy) is 3. The molecule has 0 saturated carbocycles. The molecule has 1 aliphatic heterocycles. The van der Waals surface area contributed by atoms with Crippen molar-refractivity contribution in [3.8, 4) is 0 Å². The van der Waals surface area contributed by atoms with E-state index in [9.17, 15) is 0 Å². The lowest BCUT2D eigenvalue weighted by Crippen LogP contribution is -2.33. The van der Waals surface area contributed by atoms with Gasteiger partial charge in [-0.25, -0.2) is 0 Å². The van der Waals surface area contributed by atoms with Crippen LogP contribution >= 0.6 is 0 Å². The molecule has 106 valence electrons. The second-order valence-electron chi connectivity index (χ2n) is 5.29. The molecule has 3 nitrogen and oxygen atoms in total. The van der Waals surface area contributed by atoms with Crippen molar-refractivity contribution in [1.82, 2.24) is 0 Å². The normalized spacial score (nSPS) is 25.2. The van der Waals surface area contributed by atoms with E-state index in [4.69, 9.17) is 14.2 Å². The topological polar surface area (TPSA) is 27.7 Å². The van der Waals surface area contributed by atoms with E-state index in [-0.39, 0.29) is 12.2 Å². The van der Waals surface area contributed by atoms with Crippen LogP contribution in [0.2, 0.25) is 0 Å². The van der Waals surface area contributed by atoms with Crippen molar-refractivity contribution in [3.63, 3.8) is 0 Å². The summed E-state index contributed by atoms with van der Waals surface area (Å²) in [4.78, 5) is 0. The third kappa shape index (κ3) is 5.31.